The monoisotopic (exact) mass is 637 g/mol. The van der Waals surface area contributed by atoms with E-state index in [4.69, 9.17) is 14.9 Å². The SMILES string of the molecule is CC(=O)C(=O)N(CC(=O)O)NC(=O)[C@@H](NC(=O)[C@H](CCC(=O)O)NC(=O)[C@H](CC(=O)O)NC(=O)OCc1ccccc1)C(C)C. The predicted octanol–water partition coefficient (Wildman–Crippen LogP) is -1.22. The van der Waals surface area contributed by atoms with Crippen LogP contribution in [0.3, 0.4) is 0 Å². The molecule has 0 aliphatic rings. The number of benzene rings is 1. The number of aliphatic carboxylic acids is 3. The molecule has 0 saturated carbocycles. The standard InChI is InChI=1S/C27H35N5O13/c1-14(2)22(25(42)31-32(12-21(38)39)26(43)15(3)33)30-23(40)17(9-10-19(34)35)28-24(41)18(11-20(36)37)29-27(44)45-13-16-7-5-4-6-8-16/h4-8,14,17-18,22H,9-13H2,1-3H3,(H,28,41)(H,29,44)(H,30,40)(H,31,42)(H,34,35)(H,36,37)(H,38,39)/t17-,18-,22-/m0/s1. The molecule has 7 N–H and O–H groups in total. The van der Waals surface area contributed by atoms with Crippen LogP contribution in [0.4, 0.5) is 4.79 Å². The third-order valence-corrected chi connectivity index (χ3v) is 5.81. The quantitative estimate of drug-likeness (QED) is 0.0780. The highest BCUT2D eigenvalue weighted by Crippen LogP contribution is 2.08. The fourth-order valence-corrected chi connectivity index (χ4v) is 3.58. The molecule has 0 saturated heterocycles. The molecule has 0 spiro atoms. The van der Waals surface area contributed by atoms with E-state index in [0.29, 0.717) is 5.56 Å². The molecule has 18 nitrogen and oxygen atoms in total. The fraction of sp³-hybridized carbons (Fsp3) is 0.444. The van der Waals surface area contributed by atoms with E-state index in [2.05, 4.69) is 16.0 Å². The zero-order valence-electron chi connectivity index (χ0n) is 24.6. The first kappa shape index (κ1) is 37.5. The molecule has 0 heterocycles. The molecule has 0 unspecified atom stereocenters. The Morgan fingerprint density at radius 1 is 0.778 bits per heavy atom. The van der Waals surface area contributed by atoms with E-state index >= 15 is 0 Å². The van der Waals surface area contributed by atoms with Gasteiger partial charge in [-0.3, -0.25) is 43.8 Å². The first-order valence-electron chi connectivity index (χ1n) is 13.4. The first-order valence-corrected chi connectivity index (χ1v) is 13.4. The van der Waals surface area contributed by atoms with Crippen molar-refractivity contribution in [1.82, 2.24) is 26.4 Å². The zero-order chi connectivity index (χ0) is 34.3. The van der Waals surface area contributed by atoms with Gasteiger partial charge in [-0.25, -0.2) is 9.80 Å². The summed E-state index contributed by atoms with van der Waals surface area (Å²) in [5, 5.41) is 34.2. The highest BCUT2D eigenvalue weighted by molar-refractivity contribution is 6.35. The maximum absolute atomic E-state index is 13.2. The number of Topliss-reactive ketones (excluding diaryl/α,β-unsaturated/α-hetero) is 1. The highest BCUT2D eigenvalue weighted by atomic mass is 16.5. The van der Waals surface area contributed by atoms with Crippen molar-refractivity contribution in [1.29, 1.82) is 0 Å². The number of hydrogen-bond donors (Lipinski definition) is 7. The molecule has 3 atom stereocenters. The Hall–Kier alpha value is -5.55. The van der Waals surface area contributed by atoms with Crippen LogP contribution >= 0.6 is 0 Å². The Morgan fingerprint density at radius 2 is 1.38 bits per heavy atom. The van der Waals surface area contributed by atoms with Gasteiger partial charge in [-0.15, -0.1) is 0 Å². The van der Waals surface area contributed by atoms with Crippen LogP contribution < -0.4 is 21.4 Å². The zero-order valence-corrected chi connectivity index (χ0v) is 24.6. The van der Waals surface area contributed by atoms with Crippen molar-refractivity contribution in [3.8, 4) is 0 Å². The molecule has 0 radical (unpaired) electrons. The molecule has 0 aliphatic carbocycles. The number of hydrazine groups is 1. The minimum Gasteiger partial charge on any atom is -0.481 e. The van der Waals surface area contributed by atoms with Gasteiger partial charge in [0.25, 0.3) is 5.91 Å². The van der Waals surface area contributed by atoms with E-state index in [1.54, 1.807) is 30.3 Å². The molecular formula is C27H35N5O13. The normalized spacial score (nSPS) is 12.4. The van der Waals surface area contributed by atoms with Gasteiger partial charge >= 0.3 is 29.9 Å². The molecule has 0 aromatic heterocycles. The number of carbonyl (C=O) groups excluding carboxylic acids is 6. The summed E-state index contributed by atoms with van der Waals surface area (Å²) in [4.78, 5) is 109. The van der Waals surface area contributed by atoms with Gasteiger partial charge in [-0.05, 0) is 17.9 Å². The van der Waals surface area contributed by atoms with Crippen molar-refractivity contribution in [3.05, 3.63) is 35.9 Å². The summed E-state index contributed by atoms with van der Waals surface area (Å²) in [5.41, 5.74) is 2.55. The molecule has 0 fully saturated rings. The summed E-state index contributed by atoms with van der Waals surface area (Å²) in [5.74, 6) is -11.0. The van der Waals surface area contributed by atoms with E-state index < -0.39 is 103 Å². The van der Waals surface area contributed by atoms with Crippen molar-refractivity contribution < 1.29 is 63.2 Å². The summed E-state index contributed by atoms with van der Waals surface area (Å²) < 4.78 is 5.00. The van der Waals surface area contributed by atoms with Crippen LogP contribution in [-0.2, 0) is 49.7 Å². The molecule has 5 amide bonds. The number of nitrogens with one attached hydrogen (secondary N) is 4. The number of rotatable bonds is 17. The number of carboxylic acids is 3. The van der Waals surface area contributed by atoms with Gasteiger partial charge in [-0.1, -0.05) is 44.2 Å². The number of amides is 5. The number of ether oxygens (including phenoxy) is 1. The minimum absolute atomic E-state index is 0.210. The Balaban J connectivity index is 3.11. The second-order valence-corrected chi connectivity index (χ2v) is 9.90. The van der Waals surface area contributed by atoms with Crippen LogP contribution in [0.5, 0.6) is 0 Å². The Morgan fingerprint density at radius 3 is 1.89 bits per heavy atom. The number of carboxylic acid groups (broad SMARTS) is 3. The van der Waals surface area contributed by atoms with E-state index in [0.717, 1.165) is 6.92 Å². The third kappa shape index (κ3) is 14.0. The molecule has 0 aliphatic heterocycles. The topological polar surface area (TPSA) is 275 Å². The van der Waals surface area contributed by atoms with Crippen molar-refractivity contribution in [2.45, 2.75) is 64.8 Å². The summed E-state index contributed by atoms with van der Waals surface area (Å²) in [6.45, 7) is 2.45. The van der Waals surface area contributed by atoms with Gasteiger partial charge in [0.2, 0.25) is 17.6 Å². The number of carbonyl (C=O) groups is 9. The van der Waals surface area contributed by atoms with Crippen molar-refractivity contribution in [3.63, 3.8) is 0 Å². The third-order valence-electron chi connectivity index (χ3n) is 5.81. The molecule has 18 heteroatoms. The Labute approximate surface area is 256 Å². The lowest BCUT2D eigenvalue weighted by Crippen LogP contribution is -2.60. The van der Waals surface area contributed by atoms with Gasteiger partial charge < -0.3 is 36.0 Å². The summed E-state index contributed by atoms with van der Waals surface area (Å²) in [6, 6.07) is 3.46. The van der Waals surface area contributed by atoms with Crippen LogP contribution in [0, 0.1) is 5.92 Å². The van der Waals surface area contributed by atoms with Crippen molar-refractivity contribution in [2.24, 2.45) is 5.92 Å². The van der Waals surface area contributed by atoms with Gasteiger partial charge in [0.05, 0.1) is 6.42 Å². The molecule has 1 aromatic carbocycles. The summed E-state index contributed by atoms with van der Waals surface area (Å²) >= 11 is 0. The van der Waals surface area contributed by atoms with Gasteiger partial charge in [0, 0.05) is 13.3 Å². The molecule has 45 heavy (non-hydrogen) atoms. The van der Waals surface area contributed by atoms with Gasteiger partial charge in [0.1, 0.15) is 31.3 Å². The molecule has 0 bridgehead atoms. The lowest BCUT2D eigenvalue weighted by Gasteiger charge is -2.28. The second kappa shape index (κ2) is 18.2. The van der Waals surface area contributed by atoms with Crippen LogP contribution in [0.1, 0.15) is 45.6 Å². The maximum Gasteiger partial charge on any atom is 0.408 e. The summed E-state index contributed by atoms with van der Waals surface area (Å²) in [7, 11) is 0. The van der Waals surface area contributed by atoms with Gasteiger partial charge in [0.15, 0.2) is 0 Å². The van der Waals surface area contributed by atoms with E-state index in [-0.39, 0.29) is 11.6 Å². The number of alkyl carbamates (subject to hydrolysis) is 1. The molecule has 1 rings (SSSR count). The fourth-order valence-electron chi connectivity index (χ4n) is 3.58. The number of ketones is 1. The minimum atomic E-state index is -1.77. The summed E-state index contributed by atoms with van der Waals surface area (Å²) in [6.07, 6.45) is -3.30. The highest BCUT2D eigenvalue weighted by Gasteiger charge is 2.33. The van der Waals surface area contributed by atoms with Gasteiger partial charge in [-0.2, -0.15) is 0 Å². The van der Waals surface area contributed by atoms with Crippen LogP contribution in [0.2, 0.25) is 0 Å². The molecule has 1 aromatic rings. The first-order chi connectivity index (χ1) is 21.0. The van der Waals surface area contributed by atoms with E-state index in [9.17, 15) is 48.3 Å². The van der Waals surface area contributed by atoms with E-state index in [1.807, 2.05) is 5.43 Å². The smallest absolute Gasteiger partial charge is 0.408 e. The lowest BCUT2D eigenvalue weighted by molar-refractivity contribution is -0.154. The van der Waals surface area contributed by atoms with Crippen LogP contribution in [0.15, 0.2) is 30.3 Å². The van der Waals surface area contributed by atoms with E-state index in [1.165, 1.54) is 13.8 Å². The van der Waals surface area contributed by atoms with Crippen molar-refractivity contribution in [2.75, 3.05) is 6.54 Å². The Bertz CT molecular complexity index is 1280. The number of hydrogen-bond acceptors (Lipinski definition) is 10. The molecular weight excluding hydrogens is 602 g/mol. The predicted molar refractivity (Wildman–Crippen MR) is 150 cm³/mol. The second-order valence-electron chi connectivity index (χ2n) is 9.90. The lowest BCUT2D eigenvalue weighted by atomic mass is 10.0. The largest absolute Gasteiger partial charge is 0.481 e. The average molecular weight is 638 g/mol. The Kier molecular flexibility index (Phi) is 15.1. The maximum atomic E-state index is 13.2. The van der Waals surface area contributed by atoms with Crippen LogP contribution in [0.25, 0.3) is 0 Å². The van der Waals surface area contributed by atoms with Crippen molar-refractivity contribution >= 4 is 53.4 Å². The average Bonchev–Trinajstić information content (AvgIpc) is 2.95. The molecule has 246 valence electrons. The van der Waals surface area contributed by atoms with Crippen LogP contribution in [-0.4, -0.2) is 98.4 Å². The number of nitrogens with zero attached hydrogens (tertiary/aromatic N) is 1.